The van der Waals surface area contributed by atoms with E-state index in [0.717, 1.165) is 35.5 Å². The first kappa shape index (κ1) is 24.4. The fraction of sp³-hybridized carbons (Fsp3) is 0.516. The van der Waals surface area contributed by atoms with Gasteiger partial charge < -0.3 is 24.0 Å². The average molecular weight is 503 g/mol. The van der Waals surface area contributed by atoms with E-state index in [1.54, 1.807) is 6.07 Å². The van der Waals surface area contributed by atoms with Crippen molar-refractivity contribution in [2.75, 3.05) is 32.8 Å². The molecule has 0 atom stereocenters. The minimum atomic E-state index is -0.887. The number of carboxylic acids is 1. The largest absolute Gasteiger partial charge is 0.490 e. The molecular formula is C31H38N2O4. The molecule has 0 unspecified atom stereocenters. The van der Waals surface area contributed by atoms with Gasteiger partial charge in [0.1, 0.15) is 6.61 Å². The van der Waals surface area contributed by atoms with E-state index in [1.807, 2.05) is 18.2 Å². The smallest absolute Gasteiger partial charge is 0.335 e. The second kappa shape index (κ2) is 10.8. The van der Waals surface area contributed by atoms with E-state index in [9.17, 15) is 9.90 Å². The van der Waals surface area contributed by atoms with Gasteiger partial charge >= 0.3 is 5.97 Å². The van der Waals surface area contributed by atoms with Crippen molar-refractivity contribution in [1.82, 2.24) is 9.47 Å². The molecule has 3 aromatic rings. The van der Waals surface area contributed by atoms with Gasteiger partial charge in [0.25, 0.3) is 0 Å². The Hall–Kier alpha value is -2.99. The monoisotopic (exact) mass is 502 g/mol. The average Bonchev–Trinajstić information content (AvgIpc) is 3.13. The molecule has 196 valence electrons. The number of likely N-dealkylation sites (tertiary alicyclic amines) is 1. The number of carbonyl (C=O) groups is 1. The number of piperidine rings is 1. The molecule has 1 saturated carbocycles. The molecule has 0 amide bonds. The normalized spacial score (nSPS) is 18.6. The number of hydrogen-bond acceptors (Lipinski definition) is 4. The van der Waals surface area contributed by atoms with Crippen molar-refractivity contribution in [1.29, 1.82) is 0 Å². The van der Waals surface area contributed by atoms with Gasteiger partial charge in [-0.15, -0.1) is 0 Å². The van der Waals surface area contributed by atoms with E-state index in [-0.39, 0.29) is 0 Å². The molecule has 6 heteroatoms. The zero-order valence-corrected chi connectivity index (χ0v) is 21.7. The van der Waals surface area contributed by atoms with Crippen LogP contribution in [0.3, 0.4) is 0 Å². The zero-order valence-electron chi connectivity index (χ0n) is 21.7. The first-order valence-corrected chi connectivity index (χ1v) is 14.2. The number of aromatic carboxylic acids is 1. The second-order valence-corrected chi connectivity index (χ2v) is 10.9. The highest BCUT2D eigenvalue weighted by Gasteiger charge is 2.30. The van der Waals surface area contributed by atoms with Crippen LogP contribution in [0.25, 0.3) is 22.2 Å². The van der Waals surface area contributed by atoms with Crippen LogP contribution in [-0.4, -0.2) is 53.4 Å². The Morgan fingerprint density at radius 1 is 1.00 bits per heavy atom. The predicted octanol–water partition coefficient (Wildman–Crippen LogP) is 6.70. The Labute approximate surface area is 219 Å². The molecule has 1 aromatic heterocycles. The number of nitrogens with zero attached hydrogens (tertiary/aromatic N) is 2. The molecule has 1 aliphatic carbocycles. The van der Waals surface area contributed by atoms with Crippen molar-refractivity contribution < 1.29 is 19.4 Å². The first-order valence-electron chi connectivity index (χ1n) is 14.2. The lowest BCUT2D eigenvalue weighted by Gasteiger charge is -2.26. The van der Waals surface area contributed by atoms with Crippen LogP contribution in [0, 0.1) is 0 Å². The zero-order chi connectivity index (χ0) is 25.2. The van der Waals surface area contributed by atoms with Crippen LogP contribution in [-0.2, 0) is 6.54 Å². The highest BCUT2D eigenvalue weighted by molar-refractivity contribution is 5.99. The molecule has 3 heterocycles. The van der Waals surface area contributed by atoms with E-state index >= 15 is 0 Å². The molecule has 6 rings (SSSR count). The van der Waals surface area contributed by atoms with Crippen molar-refractivity contribution in [3.63, 3.8) is 0 Å². The molecule has 0 spiro atoms. The highest BCUT2D eigenvalue weighted by atomic mass is 16.5. The van der Waals surface area contributed by atoms with Crippen LogP contribution in [0.1, 0.15) is 79.6 Å². The molecule has 1 saturated heterocycles. The van der Waals surface area contributed by atoms with Gasteiger partial charge in [-0.25, -0.2) is 4.79 Å². The lowest BCUT2D eigenvalue weighted by atomic mass is 9.81. The number of aromatic nitrogens is 1. The van der Waals surface area contributed by atoms with Crippen LogP contribution in [0.2, 0.25) is 0 Å². The minimum Gasteiger partial charge on any atom is -0.490 e. The van der Waals surface area contributed by atoms with Gasteiger partial charge in [-0.05, 0) is 80.9 Å². The Balaban J connectivity index is 1.37. The van der Waals surface area contributed by atoms with Gasteiger partial charge in [-0.1, -0.05) is 37.8 Å². The number of benzene rings is 2. The predicted molar refractivity (Wildman–Crippen MR) is 146 cm³/mol. The number of ether oxygens (including phenoxy) is 2. The summed E-state index contributed by atoms with van der Waals surface area (Å²) in [6, 6.07) is 11.9. The van der Waals surface area contributed by atoms with Gasteiger partial charge in [-0.2, -0.15) is 0 Å². The van der Waals surface area contributed by atoms with Crippen molar-refractivity contribution in [3.05, 3.63) is 47.5 Å². The summed E-state index contributed by atoms with van der Waals surface area (Å²) < 4.78 is 15.0. The van der Waals surface area contributed by atoms with E-state index in [1.165, 1.54) is 81.1 Å². The number of para-hydroxylation sites is 1. The molecule has 0 bridgehead atoms. The Morgan fingerprint density at radius 3 is 2.62 bits per heavy atom. The summed E-state index contributed by atoms with van der Waals surface area (Å²) in [5.74, 6) is 1.23. The molecule has 0 radical (unpaired) electrons. The van der Waals surface area contributed by atoms with Gasteiger partial charge in [0.2, 0.25) is 0 Å². The molecule has 3 aliphatic rings. The molecule has 1 N–H and O–H groups in total. The highest BCUT2D eigenvalue weighted by Crippen LogP contribution is 2.49. The van der Waals surface area contributed by atoms with Gasteiger partial charge in [-0.3, -0.25) is 0 Å². The van der Waals surface area contributed by atoms with Gasteiger partial charge in [0.05, 0.1) is 24.4 Å². The molecule has 37 heavy (non-hydrogen) atoms. The van der Waals surface area contributed by atoms with E-state index in [4.69, 9.17) is 9.47 Å². The third-order valence-electron chi connectivity index (χ3n) is 8.48. The molecular weight excluding hydrogens is 464 g/mol. The van der Waals surface area contributed by atoms with Crippen LogP contribution < -0.4 is 9.47 Å². The summed E-state index contributed by atoms with van der Waals surface area (Å²) >= 11 is 0. The summed E-state index contributed by atoms with van der Waals surface area (Å²) in [4.78, 5) is 14.4. The number of rotatable bonds is 7. The van der Waals surface area contributed by atoms with Crippen molar-refractivity contribution in [3.8, 4) is 22.8 Å². The molecule has 2 aliphatic heterocycles. The topological polar surface area (TPSA) is 63.9 Å². The van der Waals surface area contributed by atoms with E-state index < -0.39 is 5.97 Å². The molecule has 2 aromatic carbocycles. The van der Waals surface area contributed by atoms with Gasteiger partial charge in [0, 0.05) is 23.0 Å². The SMILES string of the molecule is O=C(O)c1ccc2c(C3CCCCC3)c3n(c2c1)CCOc1c(OCCCN2CCCCC2)cccc1-3. The van der Waals surface area contributed by atoms with Crippen LogP contribution >= 0.6 is 0 Å². The molecule has 6 nitrogen and oxygen atoms in total. The number of carboxylic acid groups (broad SMARTS) is 1. The maximum Gasteiger partial charge on any atom is 0.335 e. The lowest BCUT2D eigenvalue weighted by Crippen LogP contribution is -2.31. The lowest BCUT2D eigenvalue weighted by molar-refractivity contribution is 0.0697. The molecule has 2 fully saturated rings. The standard InChI is InChI=1S/C31H38N2O4/c34-31(35)23-13-14-24-26(21-23)33-18-20-37-30-25(29(33)28(24)22-9-3-1-4-10-22)11-7-12-27(30)36-19-8-17-32-15-5-2-6-16-32/h7,11-14,21-22H,1-6,8-10,15-20H2,(H,34,35). The van der Waals surface area contributed by atoms with Gasteiger partial charge in [0.15, 0.2) is 11.5 Å². The second-order valence-electron chi connectivity index (χ2n) is 10.9. The summed E-state index contributed by atoms with van der Waals surface area (Å²) in [5.41, 5.74) is 4.95. The van der Waals surface area contributed by atoms with E-state index in [2.05, 4.69) is 21.6 Å². The van der Waals surface area contributed by atoms with Crippen LogP contribution in [0.4, 0.5) is 0 Å². The fourth-order valence-corrected chi connectivity index (χ4v) is 6.69. The maximum absolute atomic E-state index is 11.8. The Morgan fingerprint density at radius 2 is 1.81 bits per heavy atom. The minimum absolute atomic E-state index is 0.333. The van der Waals surface area contributed by atoms with Crippen molar-refractivity contribution in [2.45, 2.75) is 70.3 Å². The Bertz CT molecular complexity index is 1270. The van der Waals surface area contributed by atoms with Crippen LogP contribution in [0.5, 0.6) is 11.5 Å². The number of hydrogen-bond donors (Lipinski definition) is 1. The first-order chi connectivity index (χ1) is 18.2. The Kier molecular flexibility index (Phi) is 7.10. The summed E-state index contributed by atoms with van der Waals surface area (Å²) in [6.45, 7) is 5.40. The summed E-state index contributed by atoms with van der Waals surface area (Å²) in [7, 11) is 0. The fourth-order valence-electron chi connectivity index (χ4n) is 6.69. The van der Waals surface area contributed by atoms with Crippen LogP contribution in [0.15, 0.2) is 36.4 Å². The summed E-state index contributed by atoms with van der Waals surface area (Å²) in [5, 5.41) is 10.9. The van der Waals surface area contributed by atoms with Crippen molar-refractivity contribution in [2.24, 2.45) is 0 Å². The van der Waals surface area contributed by atoms with Crippen molar-refractivity contribution >= 4 is 16.9 Å². The summed E-state index contributed by atoms with van der Waals surface area (Å²) in [6.07, 6.45) is 11.1. The third-order valence-corrected chi connectivity index (χ3v) is 8.48. The number of fused-ring (bicyclic) bond motifs is 5. The third kappa shape index (κ3) is 4.84. The van der Waals surface area contributed by atoms with E-state index in [0.29, 0.717) is 31.2 Å². The maximum atomic E-state index is 11.8. The quantitative estimate of drug-likeness (QED) is 0.364.